The van der Waals surface area contributed by atoms with Gasteiger partial charge in [-0.2, -0.15) is 17.5 Å². The van der Waals surface area contributed by atoms with Crippen molar-refractivity contribution in [2.24, 2.45) is 0 Å². The van der Waals surface area contributed by atoms with Crippen LogP contribution in [0.2, 0.25) is 0 Å². The van der Waals surface area contributed by atoms with E-state index in [4.69, 9.17) is 4.74 Å². The molecule has 0 aromatic rings. The molecule has 0 saturated carbocycles. The number of nitrogens with zero attached hydrogens (tertiary/aromatic N) is 1. The minimum atomic E-state index is -4.51. The molecule has 8 heteroatoms. The number of rotatable bonds is 4. The zero-order valence-corrected chi connectivity index (χ0v) is 10.4. The van der Waals surface area contributed by atoms with Gasteiger partial charge in [0.05, 0.1) is 5.75 Å². The number of ether oxygens (including phenoxy) is 1. The highest BCUT2D eigenvalue weighted by Crippen LogP contribution is 2.24. The molecule has 0 aromatic heterocycles. The van der Waals surface area contributed by atoms with Gasteiger partial charge in [0.15, 0.2) is 0 Å². The Bertz CT molecular complexity index is 336. The largest absolute Gasteiger partial charge is 0.402 e. The Morgan fingerprint density at radius 3 is 2.24 bits per heavy atom. The Balaban J connectivity index is 2.85. The maximum Gasteiger partial charge on any atom is 0.402 e. The third-order valence-electron chi connectivity index (χ3n) is 2.66. The normalized spacial score (nSPS) is 19.8. The summed E-state index contributed by atoms with van der Waals surface area (Å²) in [4.78, 5) is 0. The highest BCUT2D eigenvalue weighted by Gasteiger charge is 2.39. The summed E-state index contributed by atoms with van der Waals surface area (Å²) < 4.78 is 66.1. The number of hydrogen-bond donors (Lipinski definition) is 0. The van der Waals surface area contributed by atoms with Crippen LogP contribution >= 0.6 is 0 Å². The minimum Gasteiger partial charge on any atom is -0.381 e. The van der Waals surface area contributed by atoms with Crippen molar-refractivity contribution in [2.45, 2.75) is 32.0 Å². The number of hydrogen-bond acceptors (Lipinski definition) is 3. The minimum absolute atomic E-state index is 0.304. The molecule has 0 spiro atoms. The van der Waals surface area contributed by atoms with E-state index in [1.54, 1.807) is 0 Å². The molecule has 1 rings (SSSR count). The molecule has 1 saturated heterocycles. The van der Waals surface area contributed by atoms with E-state index in [9.17, 15) is 21.6 Å². The molecule has 0 amide bonds. The molecule has 4 nitrogen and oxygen atoms in total. The number of sulfonamides is 1. The number of alkyl halides is 3. The second-order valence-electron chi connectivity index (χ2n) is 3.90. The van der Waals surface area contributed by atoms with Crippen LogP contribution in [0.25, 0.3) is 0 Å². The van der Waals surface area contributed by atoms with Crippen molar-refractivity contribution in [1.29, 1.82) is 0 Å². The van der Waals surface area contributed by atoms with Gasteiger partial charge in [0.1, 0.15) is 6.54 Å². The zero-order valence-electron chi connectivity index (χ0n) is 9.53. The topological polar surface area (TPSA) is 46.6 Å². The first-order chi connectivity index (χ1) is 7.76. The lowest BCUT2D eigenvalue weighted by Crippen LogP contribution is -2.48. The van der Waals surface area contributed by atoms with Crippen LogP contribution in [0.3, 0.4) is 0 Å². The Morgan fingerprint density at radius 1 is 1.29 bits per heavy atom. The van der Waals surface area contributed by atoms with E-state index in [-0.39, 0.29) is 5.75 Å². The predicted molar refractivity (Wildman–Crippen MR) is 56.1 cm³/mol. The summed E-state index contributed by atoms with van der Waals surface area (Å²) in [6.07, 6.45) is -3.88. The van der Waals surface area contributed by atoms with Crippen molar-refractivity contribution in [3.8, 4) is 0 Å². The first kappa shape index (κ1) is 14.7. The molecule has 0 N–H and O–H groups in total. The van der Waals surface area contributed by atoms with Crippen LogP contribution in [0.15, 0.2) is 0 Å². The molecule has 0 radical (unpaired) electrons. The molecular formula is C9H16F3NO3S. The molecule has 102 valence electrons. The molecule has 0 unspecified atom stereocenters. The molecule has 0 aromatic carbocycles. The monoisotopic (exact) mass is 275 g/mol. The Morgan fingerprint density at radius 2 is 1.82 bits per heavy atom. The molecule has 1 heterocycles. The second kappa shape index (κ2) is 5.53. The third-order valence-corrected chi connectivity index (χ3v) is 4.53. The van der Waals surface area contributed by atoms with Gasteiger partial charge in [-0.25, -0.2) is 8.42 Å². The lowest BCUT2D eigenvalue weighted by Gasteiger charge is -2.33. The molecule has 1 aliphatic rings. The van der Waals surface area contributed by atoms with E-state index >= 15 is 0 Å². The van der Waals surface area contributed by atoms with Gasteiger partial charge >= 0.3 is 6.18 Å². The van der Waals surface area contributed by atoms with Gasteiger partial charge in [-0.15, -0.1) is 0 Å². The van der Waals surface area contributed by atoms with Crippen molar-refractivity contribution in [1.82, 2.24) is 4.31 Å². The first-order valence-electron chi connectivity index (χ1n) is 5.40. The van der Waals surface area contributed by atoms with E-state index in [1.807, 2.05) is 0 Å². The van der Waals surface area contributed by atoms with Crippen molar-refractivity contribution < 1.29 is 26.3 Å². The average molecular weight is 275 g/mol. The van der Waals surface area contributed by atoms with E-state index < -0.39 is 28.8 Å². The van der Waals surface area contributed by atoms with Gasteiger partial charge < -0.3 is 4.74 Å². The first-order valence-corrected chi connectivity index (χ1v) is 7.01. The Kier molecular flexibility index (Phi) is 4.79. The fraction of sp³-hybridized carbons (Fsp3) is 1.00. The summed E-state index contributed by atoms with van der Waals surface area (Å²) in [7, 11) is -3.84. The van der Waals surface area contributed by atoms with Crippen LogP contribution in [0.1, 0.15) is 19.8 Å². The van der Waals surface area contributed by atoms with Crippen LogP contribution in [0.4, 0.5) is 13.2 Å². The second-order valence-corrected chi connectivity index (χ2v) is 6.11. The summed E-state index contributed by atoms with van der Waals surface area (Å²) in [5.41, 5.74) is 0. The summed E-state index contributed by atoms with van der Waals surface area (Å²) in [5.74, 6) is -0.319. The highest BCUT2D eigenvalue weighted by molar-refractivity contribution is 7.89. The van der Waals surface area contributed by atoms with Crippen LogP contribution in [0, 0.1) is 0 Å². The van der Waals surface area contributed by atoms with Crippen LogP contribution in [-0.2, 0) is 14.8 Å². The van der Waals surface area contributed by atoms with E-state index in [0.717, 1.165) is 0 Å². The summed E-state index contributed by atoms with van der Waals surface area (Å²) in [6, 6.07) is -0.602. The van der Waals surface area contributed by atoms with Crippen LogP contribution < -0.4 is 0 Å². The van der Waals surface area contributed by atoms with Crippen molar-refractivity contribution in [3.63, 3.8) is 0 Å². The molecular weight excluding hydrogens is 259 g/mol. The number of halogens is 3. The van der Waals surface area contributed by atoms with Crippen molar-refractivity contribution in [2.75, 3.05) is 25.5 Å². The van der Waals surface area contributed by atoms with E-state index in [1.165, 1.54) is 6.92 Å². The van der Waals surface area contributed by atoms with E-state index in [2.05, 4.69) is 0 Å². The van der Waals surface area contributed by atoms with Gasteiger partial charge in [-0.1, -0.05) is 0 Å². The Hall–Kier alpha value is -0.340. The van der Waals surface area contributed by atoms with Gasteiger partial charge in [0, 0.05) is 19.3 Å². The predicted octanol–water partition coefficient (Wildman–Crippen LogP) is 1.38. The molecule has 1 aliphatic heterocycles. The smallest absolute Gasteiger partial charge is 0.381 e. The van der Waals surface area contributed by atoms with E-state index in [0.29, 0.717) is 30.4 Å². The zero-order chi connectivity index (χ0) is 13.1. The standard InChI is InChI=1S/C9H16F3NO3S/c1-2-17(14,15)13(7-9(10,11)12)8-3-5-16-6-4-8/h8H,2-7H2,1H3. The average Bonchev–Trinajstić information content (AvgIpc) is 2.26. The van der Waals surface area contributed by atoms with Gasteiger partial charge in [0.2, 0.25) is 10.0 Å². The van der Waals surface area contributed by atoms with Crippen molar-refractivity contribution in [3.05, 3.63) is 0 Å². The fourth-order valence-corrected chi connectivity index (χ4v) is 3.11. The molecule has 1 fully saturated rings. The SMILES string of the molecule is CCS(=O)(=O)N(CC(F)(F)F)C1CCOCC1. The summed E-state index contributed by atoms with van der Waals surface area (Å²) >= 11 is 0. The molecule has 0 bridgehead atoms. The highest BCUT2D eigenvalue weighted by atomic mass is 32.2. The van der Waals surface area contributed by atoms with Crippen LogP contribution in [0.5, 0.6) is 0 Å². The molecule has 0 aliphatic carbocycles. The molecule has 0 atom stereocenters. The lowest BCUT2D eigenvalue weighted by atomic mass is 10.1. The fourth-order valence-electron chi connectivity index (χ4n) is 1.77. The van der Waals surface area contributed by atoms with Gasteiger partial charge in [0.25, 0.3) is 0 Å². The quantitative estimate of drug-likeness (QED) is 0.778. The van der Waals surface area contributed by atoms with Gasteiger partial charge in [-0.05, 0) is 19.8 Å². The Labute approximate surface area is 98.8 Å². The maximum atomic E-state index is 12.4. The maximum absolute atomic E-state index is 12.4. The third kappa shape index (κ3) is 4.44. The molecule has 17 heavy (non-hydrogen) atoms. The lowest BCUT2D eigenvalue weighted by molar-refractivity contribution is -0.141. The van der Waals surface area contributed by atoms with Gasteiger partial charge in [-0.3, -0.25) is 0 Å². The summed E-state index contributed by atoms with van der Waals surface area (Å²) in [6.45, 7) is 0.544. The van der Waals surface area contributed by atoms with Crippen molar-refractivity contribution >= 4 is 10.0 Å². The van der Waals surface area contributed by atoms with Crippen LogP contribution in [-0.4, -0.2) is 50.5 Å². The summed E-state index contributed by atoms with van der Waals surface area (Å²) in [5, 5.41) is 0.